The molecule has 0 aliphatic carbocycles. The first kappa shape index (κ1) is 10.6. The molecule has 0 aromatic carbocycles. The fourth-order valence-corrected chi connectivity index (χ4v) is 0.426. The highest BCUT2D eigenvalue weighted by Crippen LogP contribution is 2.28. The Bertz CT molecular complexity index is 228. The number of diazo groups is 1. The summed E-state index contributed by atoms with van der Waals surface area (Å²) in [5.74, 6) is -1.44. The zero-order valence-electron chi connectivity index (χ0n) is 6.09. The third kappa shape index (κ3) is 2.65. The molecule has 0 atom stereocenters. The number of nitrogens with zero attached hydrogens (tertiary/aromatic N) is 2. The minimum Gasteiger partial charge on any atom is -0.475 e. The van der Waals surface area contributed by atoms with Gasteiger partial charge in [-0.15, -0.1) is 0 Å². The number of alkyl halides is 3. The first-order chi connectivity index (χ1) is 5.43. The van der Waals surface area contributed by atoms with Gasteiger partial charge in [-0.1, -0.05) is 0 Å². The number of aliphatic hydroxyl groups is 1. The van der Waals surface area contributed by atoms with Crippen LogP contribution in [0.25, 0.3) is 4.98 Å². The standard InChI is InChI=1S/C5H5F3N2O2/c1-2-12-4(11)3(10-9)5(6,7)8/h2H2,1H3/p+1/b4-3-. The van der Waals surface area contributed by atoms with Crippen molar-refractivity contribution < 1.29 is 23.0 Å². The lowest BCUT2D eigenvalue weighted by atomic mass is 10.5. The normalized spacial score (nSPS) is 13.2. The van der Waals surface area contributed by atoms with E-state index in [0.29, 0.717) is 0 Å². The van der Waals surface area contributed by atoms with Crippen molar-refractivity contribution >= 4 is 0 Å². The molecule has 0 unspecified atom stereocenters. The molecule has 1 N–H and O–H groups in total. The van der Waals surface area contributed by atoms with Crippen LogP contribution in [0.1, 0.15) is 6.92 Å². The maximum atomic E-state index is 11.7. The lowest BCUT2D eigenvalue weighted by molar-refractivity contribution is -0.0970. The molecule has 0 fully saturated rings. The molecule has 0 radical (unpaired) electrons. The summed E-state index contributed by atoms with van der Waals surface area (Å²) in [5, 5.41) is 16.4. The largest absolute Gasteiger partial charge is 0.543 e. The number of rotatable bonds is 2. The topological polar surface area (TPSA) is 57.6 Å². The summed E-state index contributed by atoms with van der Waals surface area (Å²) in [6.45, 7) is 1.22. The molecule has 0 bridgehead atoms. The molecule has 7 heteroatoms. The molecule has 0 heterocycles. The van der Waals surface area contributed by atoms with Gasteiger partial charge < -0.3 is 9.84 Å². The highest BCUT2D eigenvalue weighted by Gasteiger charge is 2.51. The Labute approximate surface area is 65.9 Å². The molecule has 0 rings (SSSR count). The Balaban J connectivity index is 4.78. The zero-order valence-corrected chi connectivity index (χ0v) is 6.09. The Morgan fingerprint density at radius 1 is 1.58 bits per heavy atom. The summed E-state index contributed by atoms with van der Waals surface area (Å²) in [4.78, 5) is 1.86. The van der Waals surface area contributed by atoms with Crippen molar-refractivity contribution in [2.45, 2.75) is 13.1 Å². The van der Waals surface area contributed by atoms with Crippen LogP contribution in [0.2, 0.25) is 0 Å². The van der Waals surface area contributed by atoms with Crippen molar-refractivity contribution in [1.82, 2.24) is 0 Å². The van der Waals surface area contributed by atoms with Crippen LogP contribution in [0.5, 0.6) is 0 Å². The predicted molar refractivity (Wildman–Crippen MR) is 32.4 cm³/mol. The van der Waals surface area contributed by atoms with Crippen molar-refractivity contribution in [3.8, 4) is 0 Å². The number of hydrogen-bond donors (Lipinski definition) is 1. The van der Waals surface area contributed by atoms with E-state index in [1.807, 2.05) is 4.98 Å². The Morgan fingerprint density at radius 3 is 2.33 bits per heavy atom. The average Bonchev–Trinajstić information content (AvgIpc) is 1.85. The minimum atomic E-state index is -4.92. The van der Waals surface area contributed by atoms with Crippen LogP contribution in [0.15, 0.2) is 11.6 Å². The van der Waals surface area contributed by atoms with Crippen molar-refractivity contribution in [1.29, 1.82) is 5.39 Å². The average molecular weight is 183 g/mol. The highest BCUT2D eigenvalue weighted by atomic mass is 19.4. The maximum Gasteiger partial charge on any atom is 0.543 e. The maximum absolute atomic E-state index is 11.7. The van der Waals surface area contributed by atoms with E-state index in [4.69, 9.17) is 10.5 Å². The van der Waals surface area contributed by atoms with Gasteiger partial charge in [0.15, 0.2) is 4.98 Å². The predicted octanol–water partition coefficient (Wildman–Crippen LogP) is 2.17. The lowest BCUT2D eigenvalue weighted by Crippen LogP contribution is -2.12. The lowest BCUT2D eigenvalue weighted by Gasteiger charge is -1.98. The summed E-state index contributed by atoms with van der Waals surface area (Å²) in [5.41, 5.74) is -1.84. The molecular formula is C5H6F3N2O2+. The van der Waals surface area contributed by atoms with E-state index < -0.39 is 17.8 Å². The van der Waals surface area contributed by atoms with E-state index in [9.17, 15) is 13.2 Å². The van der Waals surface area contributed by atoms with Crippen LogP contribution < -0.4 is 0 Å². The van der Waals surface area contributed by atoms with E-state index in [0.717, 1.165) is 0 Å². The molecule has 0 saturated carbocycles. The van der Waals surface area contributed by atoms with Crippen LogP contribution in [0.4, 0.5) is 13.2 Å². The van der Waals surface area contributed by atoms with Gasteiger partial charge in [0.2, 0.25) is 5.39 Å². The third-order valence-electron chi connectivity index (χ3n) is 0.852. The fraction of sp³-hybridized carbons (Fsp3) is 0.600. The third-order valence-corrected chi connectivity index (χ3v) is 0.852. The smallest absolute Gasteiger partial charge is 0.475 e. The van der Waals surface area contributed by atoms with Gasteiger partial charge in [-0.25, -0.2) is 0 Å². The Kier molecular flexibility index (Phi) is 3.34. The molecular weight excluding hydrogens is 177 g/mol. The summed E-state index contributed by atoms with van der Waals surface area (Å²) in [6.07, 6.45) is -4.92. The highest BCUT2D eigenvalue weighted by molar-refractivity contribution is 5.15. The van der Waals surface area contributed by atoms with E-state index in [1.54, 1.807) is 0 Å². The Hall–Kier alpha value is -1.45. The van der Waals surface area contributed by atoms with Gasteiger partial charge >= 0.3 is 17.8 Å². The van der Waals surface area contributed by atoms with E-state index >= 15 is 0 Å². The number of allylic oxidation sites excluding steroid dienone is 1. The van der Waals surface area contributed by atoms with Gasteiger partial charge in [0.25, 0.3) is 0 Å². The second kappa shape index (κ2) is 3.80. The van der Waals surface area contributed by atoms with E-state index in [2.05, 4.69) is 4.74 Å². The number of aliphatic hydroxyl groups excluding tert-OH is 1. The van der Waals surface area contributed by atoms with Crippen molar-refractivity contribution in [2.24, 2.45) is 0 Å². The summed E-state index contributed by atoms with van der Waals surface area (Å²) in [6, 6.07) is 0. The van der Waals surface area contributed by atoms with Gasteiger partial charge in [-0.3, -0.25) is 0 Å². The number of halogens is 3. The van der Waals surface area contributed by atoms with Crippen LogP contribution in [0.3, 0.4) is 0 Å². The molecule has 0 aliphatic rings. The Morgan fingerprint density at radius 2 is 2.08 bits per heavy atom. The van der Waals surface area contributed by atoms with E-state index in [-0.39, 0.29) is 6.61 Å². The SMILES string of the molecule is CCO/C(O)=C(\[N+]#N)C(F)(F)F. The quantitative estimate of drug-likeness (QED) is 0.527. The molecule has 0 saturated heterocycles. The van der Waals surface area contributed by atoms with Crippen LogP contribution in [-0.4, -0.2) is 17.9 Å². The van der Waals surface area contributed by atoms with Crippen LogP contribution in [0, 0.1) is 5.39 Å². The van der Waals surface area contributed by atoms with Crippen molar-refractivity contribution in [3.63, 3.8) is 0 Å². The van der Waals surface area contributed by atoms with Crippen molar-refractivity contribution in [2.75, 3.05) is 6.61 Å². The van der Waals surface area contributed by atoms with Gasteiger partial charge in [-0.2, -0.15) is 13.2 Å². The molecule has 68 valence electrons. The van der Waals surface area contributed by atoms with Gasteiger partial charge in [-0.05, 0) is 6.92 Å². The first-order valence-electron chi connectivity index (χ1n) is 2.91. The molecule has 0 amide bonds. The van der Waals surface area contributed by atoms with Gasteiger partial charge in [0.1, 0.15) is 0 Å². The summed E-state index contributed by atoms with van der Waals surface area (Å²) in [7, 11) is 0. The molecule has 0 aromatic rings. The molecule has 0 aliphatic heterocycles. The summed E-state index contributed by atoms with van der Waals surface area (Å²) < 4.78 is 39.3. The molecule has 12 heavy (non-hydrogen) atoms. The number of ether oxygens (including phenoxy) is 1. The fourth-order valence-electron chi connectivity index (χ4n) is 0.426. The number of hydrogen-bond acceptors (Lipinski definition) is 3. The van der Waals surface area contributed by atoms with E-state index in [1.165, 1.54) is 6.92 Å². The van der Waals surface area contributed by atoms with Crippen LogP contribution >= 0.6 is 0 Å². The second-order valence-corrected chi connectivity index (χ2v) is 1.68. The van der Waals surface area contributed by atoms with Gasteiger partial charge in [0, 0.05) is 0 Å². The molecule has 0 spiro atoms. The minimum absolute atomic E-state index is 0.152. The monoisotopic (exact) mass is 183 g/mol. The summed E-state index contributed by atoms with van der Waals surface area (Å²) >= 11 is 0. The zero-order chi connectivity index (χ0) is 9.78. The van der Waals surface area contributed by atoms with Crippen LogP contribution in [-0.2, 0) is 4.74 Å². The molecule has 0 aromatic heterocycles. The second-order valence-electron chi connectivity index (χ2n) is 1.68. The van der Waals surface area contributed by atoms with Crippen molar-refractivity contribution in [3.05, 3.63) is 16.6 Å². The van der Waals surface area contributed by atoms with Gasteiger partial charge in [0.05, 0.1) is 6.61 Å². The first-order valence-corrected chi connectivity index (χ1v) is 2.91. The molecule has 4 nitrogen and oxygen atoms in total.